The van der Waals surface area contributed by atoms with E-state index in [2.05, 4.69) is 37.2 Å². The lowest BCUT2D eigenvalue weighted by Gasteiger charge is -2.28. The Morgan fingerprint density at radius 1 is 1.25 bits per heavy atom. The molecule has 9 nitrogen and oxygen atoms in total. The standard InChI is InChI=1S/C17H20N8OS2/c1-4-5-8-25-12-13(19-15(25)24-9-6-18-7-10-24)20-16(23(3)14(12)26)28-17-22-21-11(2)27-17/h18H,6-10H2,1-3H3. The molecule has 0 amide bonds. The highest BCUT2D eigenvalue weighted by Crippen LogP contribution is 2.29. The SMILES string of the molecule is CC#CCn1c(N2CCNCC2)nc2nc(Sc3nnc(C)s3)n(C)c(=O)c21. The lowest BCUT2D eigenvalue weighted by atomic mass is 10.4. The fraction of sp³-hybridized carbons (Fsp3) is 0.471. The molecule has 0 aromatic carbocycles. The zero-order chi connectivity index (χ0) is 19.7. The van der Waals surface area contributed by atoms with Crippen molar-refractivity contribution in [2.45, 2.75) is 29.9 Å². The molecule has 1 N–H and O–H groups in total. The van der Waals surface area contributed by atoms with Crippen molar-refractivity contribution in [3.05, 3.63) is 15.4 Å². The van der Waals surface area contributed by atoms with E-state index in [4.69, 9.17) is 4.98 Å². The molecule has 1 saturated heterocycles. The summed E-state index contributed by atoms with van der Waals surface area (Å²) in [6.45, 7) is 7.51. The predicted octanol–water partition coefficient (Wildman–Crippen LogP) is 0.874. The Balaban J connectivity index is 1.84. The Labute approximate surface area is 170 Å². The summed E-state index contributed by atoms with van der Waals surface area (Å²) in [5.41, 5.74) is 0.787. The van der Waals surface area contributed by atoms with Gasteiger partial charge in [0.2, 0.25) is 5.95 Å². The summed E-state index contributed by atoms with van der Waals surface area (Å²) in [4.78, 5) is 24.7. The molecular weight excluding hydrogens is 396 g/mol. The van der Waals surface area contributed by atoms with Gasteiger partial charge in [-0.25, -0.2) is 4.98 Å². The lowest BCUT2D eigenvalue weighted by Crippen LogP contribution is -2.44. The number of rotatable bonds is 4. The van der Waals surface area contributed by atoms with E-state index >= 15 is 0 Å². The van der Waals surface area contributed by atoms with Gasteiger partial charge in [-0.2, -0.15) is 4.98 Å². The molecule has 11 heteroatoms. The molecule has 4 heterocycles. The Hall–Kier alpha value is -2.42. The topological polar surface area (TPSA) is 93.8 Å². The number of nitrogens with zero attached hydrogens (tertiary/aromatic N) is 7. The molecule has 0 unspecified atom stereocenters. The van der Waals surface area contributed by atoms with Crippen LogP contribution >= 0.6 is 23.1 Å². The van der Waals surface area contributed by atoms with Gasteiger partial charge < -0.3 is 10.2 Å². The summed E-state index contributed by atoms with van der Waals surface area (Å²) < 4.78 is 4.18. The van der Waals surface area contributed by atoms with E-state index in [1.54, 1.807) is 18.5 Å². The minimum absolute atomic E-state index is 0.138. The van der Waals surface area contributed by atoms with Gasteiger partial charge >= 0.3 is 0 Å². The summed E-state index contributed by atoms with van der Waals surface area (Å²) in [5.74, 6) is 6.71. The van der Waals surface area contributed by atoms with Crippen molar-refractivity contribution in [1.82, 2.24) is 34.6 Å². The molecule has 0 atom stereocenters. The maximum Gasteiger partial charge on any atom is 0.280 e. The molecule has 0 saturated carbocycles. The van der Waals surface area contributed by atoms with E-state index in [1.165, 1.54) is 23.1 Å². The summed E-state index contributed by atoms with van der Waals surface area (Å²) in [5, 5.41) is 12.9. The smallest absolute Gasteiger partial charge is 0.280 e. The van der Waals surface area contributed by atoms with E-state index in [9.17, 15) is 4.79 Å². The van der Waals surface area contributed by atoms with Gasteiger partial charge in [-0.1, -0.05) is 17.3 Å². The van der Waals surface area contributed by atoms with Gasteiger partial charge in [0, 0.05) is 33.2 Å². The second-order valence-corrected chi connectivity index (χ2v) is 8.68. The molecule has 3 aromatic heterocycles. The van der Waals surface area contributed by atoms with Crippen molar-refractivity contribution in [3.63, 3.8) is 0 Å². The Morgan fingerprint density at radius 3 is 2.71 bits per heavy atom. The first-order chi connectivity index (χ1) is 13.6. The number of fused-ring (bicyclic) bond motifs is 1. The van der Waals surface area contributed by atoms with Crippen LogP contribution in [0.1, 0.15) is 11.9 Å². The second kappa shape index (κ2) is 7.90. The molecule has 146 valence electrons. The van der Waals surface area contributed by atoms with Crippen LogP contribution in [0.2, 0.25) is 0 Å². The summed E-state index contributed by atoms with van der Waals surface area (Å²) in [6, 6.07) is 0. The zero-order valence-corrected chi connectivity index (χ0v) is 17.5. The van der Waals surface area contributed by atoms with Crippen LogP contribution in [0.4, 0.5) is 5.95 Å². The van der Waals surface area contributed by atoms with E-state index in [1.807, 2.05) is 11.5 Å². The van der Waals surface area contributed by atoms with Crippen molar-refractivity contribution < 1.29 is 0 Å². The van der Waals surface area contributed by atoms with Gasteiger partial charge in [-0.3, -0.25) is 13.9 Å². The normalized spacial score (nSPS) is 14.3. The number of aryl methyl sites for hydroxylation is 1. The average Bonchev–Trinajstić information content (AvgIpc) is 3.28. The minimum Gasteiger partial charge on any atom is -0.340 e. The van der Waals surface area contributed by atoms with Crippen LogP contribution < -0.4 is 15.8 Å². The van der Waals surface area contributed by atoms with Crippen molar-refractivity contribution in [1.29, 1.82) is 0 Å². The fourth-order valence-corrected chi connectivity index (χ4v) is 4.79. The Kier molecular flexibility index (Phi) is 5.34. The van der Waals surface area contributed by atoms with Crippen LogP contribution in [0.25, 0.3) is 11.2 Å². The molecule has 1 fully saturated rings. The Bertz CT molecular complexity index is 1130. The third-order valence-corrected chi connectivity index (χ3v) is 6.36. The third kappa shape index (κ3) is 3.50. The molecule has 0 bridgehead atoms. The van der Waals surface area contributed by atoms with Gasteiger partial charge in [0.1, 0.15) is 5.01 Å². The van der Waals surface area contributed by atoms with Crippen LogP contribution in [-0.2, 0) is 13.6 Å². The quantitative estimate of drug-likeness (QED) is 0.495. The van der Waals surface area contributed by atoms with Crippen LogP contribution in [0, 0.1) is 18.8 Å². The number of aromatic nitrogens is 6. The molecule has 0 radical (unpaired) electrons. The fourth-order valence-electron chi connectivity index (χ4n) is 3.03. The molecule has 3 aromatic rings. The highest BCUT2D eigenvalue weighted by atomic mass is 32.2. The van der Waals surface area contributed by atoms with E-state index < -0.39 is 0 Å². The average molecular weight is 417 g/mol. The molecular formula is C17H20N8OS2. The van der Waals surface area contributed by atoms with E-state index in [0.29, 0.717) is 22.9 Å². The van der Waals surface area contributed by atoms with Crippen molar-refractivity contribution in [3.8, 4) is 11.8 Å². The summed E-state index contributed by atoms with van der Waals surface area (Å²) in [6.07, 6.45) is 0. The van der Waals surface area contributed by atoms with Crippen molar-refractivity contribution in [2.24, 2.45) is 7.05 Å². The maximum atomic E-state index is 13.2. The monoisotopic (exact) mass is 416 g/mol. The van der Waals surface area contributed by atoms with Crippen LogP contribution in [0.5, 0.6) is 0 Å². The first-order valence-electron chi connectivity index (χ1n) is 8.89. The third-order valence-electron chi connectivity index (χ3n) is 4.42. The van der Waals surface area contributed by atoms with E-state index in [0.717, 1.165) is 41.5 Å². The molecule has 4 rings (SSSR count). The number of anilines is 1. The second-order valence-electron chi connectivity index (χ2n) is 6.28. The number of nitrogens with one attached hydrogen (secondary N) is 1. The predicted molar refractivity (Wildman–Crippen MR) is 110 cm³/mol. The maximum absolute atomic E-state index is 13.2. The summed E-state index contributed by atoms with van der Waals surface area (Å²) >= 11 is 2.80. The van der Waals surface area contributed by atoms with Gasteiger partial charge in [0.25, 0.3) is 5.56 Å². The van der Waals surface area contributed by atoms with Crippen LogP contribution in [0.3, 0.4) is 0 Å². The van der Waals surface area contributed by atoms with Gasteiger partial charge in [-0.15, -0.1) is 16.1 Å². The number of hydrogen-bond acceptors (Lipinski definition) is 9. The molecule has 0 aliphatic carbocycles. The molecule has 1 aliphatic heterocycles. The minimum atomic E-state index is -0.138. The van der Waals surface area contributed by atoms with Crippen LogP contribution in [0.15, 0.2) is 14.3 Å². The van der Waals surface area contributed by atoms with Crippen molar-refractivity contribution >= 4 is 40.2 Å². The number of imidazole rings is 1. The number of piperazine rings is 1. The zero-order valence-electron chi connectivity index (χ0n) is 15.9. The molecule has 28 heavy (non-hydrogen) atoms. The van der Waals surface area contributed by atoms with Gasteiger partial charge in [0.05, 0.1) is 6.54 Å². The molecule has 0 spiro atoms. The Morgan fingerprint density at radius 2 is 2.04 bits per heavy atom. The van der Waals surface area contributed by atoms with Gasteiger partial charge in [0.15, 0.2) is 20.7 Å². The highest BCUT2D eigenvalue weighted by molar-refractivity contribution is 8.00. The van der Waals surface area contributed by atoms with E-state index in [-0.39, 0.29) is 5.56 Å². The largest absolute Gasteiger partial charge is 0.340 e. The van der Waals surface area contributed by atoms with Crippen molar-refractivity contribution in [2.75, 3.05) is 31.1 Å². The van der Waals surface area contributed by atoms with Crippen LogP contribution in [-0.4, -0.2) is 55.5 Å². The number of hydrogen-bond donors (Lipinski definition) is 1. The first kappa shape index (κ1) is 18.9. The first-order valence-corrected chi connectivity index (χ1v) is 10.5. The summed E-state index contributed by atoms with van der Waals surface area (Å²) in [7, 11) is 1.72. The lowest BCUT2D eigenvalue weighted by molar-refractivity contribution is 0.573. The highest BCUT2D eigenvalue weighted by Gasteiger charge is 2.23. The van der Waals surface area contributed by atoms with Gasteiger partial charge in [-0.05, 0) is 25.6 Å². The molecule has 1 aliphatic rings.